The summed E-state index contributed by atoms with van der Waals surface area (Å²) in [6.07, 6.45) is 2.21. The van der Waals surface area contributed by atoms with E-state index >= 15 is 0 Å². The van der Waals surface area contributed by atoms with Gasteiger partial charge in [-0.05, 0) is 30.9 Å². The van der Waals surface area contributed by atoms with Crippen LogP contribution in [0.3, 0.4) is 0 Å². The van der Waals surface area contributed by atoms with Crippen molar-refractivity contribution < 1.29 is 13.9 Å². The van der Waals surface area contributed by atoms with Crippen LogP contribution in [0, 0.1) is 5.82 Å². The Kier molecular flexibility index (Phi) is 6.02. The van der Waals surface area contributed by atoms with E-state index < -0.39 is 5.41 Å². The van der Waals surface area contributed by atoms with E-state index in [4.69, 9.17) is 4.74 Å². The molecule has 2 aromatic rings. The van der Waals surface area contributed by atoms with E-state index in [-0.39, 0.29) is 17.0 Å². The molecule has 0 spiro atoms. The van der Waals surface area contributed by atoms with Gasteiger partial charge in [0.15, 0.2) is 0 Å². The van der Waals surface area contributed by atoms with Crippen LogP contribution in [0.5, 0.6) is 0 Å². The maximum atomic E-state index is 14.2. The van der Waals surface area contributed by atoms with Crippen molar-refractivity contribution in [3.05, 3.63) is 71.5 Å². The molecule has 0 aliphatic carbocycles. The molecule has 0 radical (unpaired) electrons. The molecular weight excluding hydrogens is 373 g/mol. The van der Waals surface area contributed by atoms with Gasteiger partial charge in [0.1, 0.15) is 5.82 Å². The second-order valence-corrected chi connectivity index (χ2v) is 8.83. The Morgan fingerprint density at radius 2 is 1.75 bits per heavy atom. The molecule has 2 saturated heterocycles. The summed E-state index contributed by atoms with van der Waals surface area (Å²) in [5.74, 6) is 0.883. The molecule has 2 fully saturated rings. The van der Waals surface area contributed by atoms with E-state index in [2.05, 4.69) is 12.1 Å². The van der Waals surface area contributed by atoms with Crippen molar-refractivity contribution in [1.82, 2.24) is 4.90 Å². The Hall–Kier alpha value is -1.85. The molecule has 2 heterocycles. The van der Waals surface area contributed by atoms with Crippen molar-refractivity contribution >= 4 is 17.7 Å². The first-order chi connectivity index (χ1) is 13.7. The van der Waals surface area contributed by atoms with Crippen molar-refractivity contribution in [3.63, 3.8) is 0 Å². The molecule has 1 atom stereocenters. The number of rotatable bonds is 3. The maximum absolute atomic E-state index is 14.2. The number of ether oxygens (including phenoxy) is 1. The third kappa shape index (κ3) is 3.83. The van der Waals surface area contributed by atoms with Crippen LogP contribution in [-0.4, -0.2) is 42.9 Å². The van der Waals surface area contributed by atoms with E-state index in [1.165, 1.54) is 6.07 Å². The van der Waals surface area contributed by atoms with Crippen LogP contribution in [0.4, 0.5) is 4.39 Å². The van der Waals surface area contributed by atoms with Crippen LogP contribution in [0.25, 0.3) is 0 Å². The van der Waals surface area contributed by atoms with Gasteiger partial charge in [-0.2, -0.15) is 11.8 Å². The van der Waals surface area contributed by atoms with E-state index in [1.54, 1.807) is 17.8 Å². The summed E-state index contributed by atoms with van der Waals surface area (Å²) >= 11 is 1.76. The summed E-state index contributed by atoms with van der Waals surface area (Å²) < 4.78 is 19.8. The van der Waals surface area contributed by atoms with Crippen LogP contribution in [0.2, 0.25) is 0 Å². The minimum Gasteiger partial charge on any atom is -0.381 e. The number of hydrogen-bond acceptors (Lipinski definition) is 3. The van der Waals surface area contributed by atoms with Crippen molar-refractivity contribution in [2.75, 3.05) is 32.1 Å². The number of thioether (sulfide) groups is 1. The van der Waals surface area contributed by atoms with Gasteiger partial charge in [0.25, 0.3) is 0 Å². The first-order valence-corrected chi connectivity index (χ1v) is 11.0. The second-order valence-electron chi connectivity index (χ2n) is 7.52. The minimum atomic E-state index is -0.498. The summed E-state index contributed by atoms with van der Waals surface area (Å²) in [5, 5.41) is 0.0985. The van der Waals surface area contributed by atoms with E-state index in [1.807, 2.05) is 35.2 Å². The molecule has 4 rings (SSSR count). The van der Waals surface area contributed by atoms with Gasteiger partial charge in [-0.3, -0.25) is 4.79 Å². The lowest BCUT2D eigenvalue weighted by Crippen LogP contribution is -2.50. The Morgan fingerprint density at radius 1 is 1.04 bits per heavy atom. The molecular formula is C23H26FNO2S. The molecule has 1 amide bonds. The predicted molar refractivity (Wildman–Crippen MR) is 111 cm³/mol. The first-order valence-electron chi connectivity index (χ1n) is 9.99. The van der Waals surface area contributed by atoms with Gasteiger partial charge in [0.05, 0.1) is 5.41 Å². The number of carbonyl (C=O) groups is 1. The molecule has 2 aromatic carbocycles. The van der Waals surface area contributed by atoms with Gasteiger partial charge < -0.3 is 9.64 Å². The summed E-state index contributed by atoms with van der Waals surface area (Å²) in [6, 6.07) is 17.1. The van der Waals surface area contributed by atoms with E-state index in [0.29, 0.717) is 26.3 Å². The molecule has 0 saturated carbocycles. The quantitative estimate of drug-likeness (QED) is 0.757. The van der Waals surface area contributed by atoms with Crippen LogP contribution in [0.15, 0.2) is 54.6 Å². The molecule has 0 aromatic heterocycles. The van der Waals surface area contributed by atoms with E-state index in [9.17, 15) is 9.18 Å². The fourth-order valence-electron chi connectivity index (χ4n) is 4.36. The normalized spacial score (nSPS) is 22.5. The number of halogens is 1. The fraction of sp³-hybridized carbons (Fsp3) is 0.435. The third-order valence-corrected chi connectivity index (χ3v) is 7.27. The zero-order valence-electron chi connectivity index (χ0n) is 16.0. The Balaban J connectivity index is 1.54. The predicted octanol–water partition coefficient (Wildman–Crippen LogP) is 4.58. The lowest BCUT2D eigenvalue weighted by molar-refractivity contribution is -0.141. The van der Waals surface area contributed by atoms with Gasteiger partial charge in [0, 0.05) is 42.9 Å². The zero-order valence-corrected chi connectivity index (χ0v) is 16.8. The van der Waals surface area contributed by atoms with Gasteiger partial charge >= 0.3 is 0 Å². The highest BCUT2D eigenvalue weighted by Gasteiger charge is 2.44. The van der Waals surface area contributed by atoms with Crippen molar-refractivity contribution in [3.8, 4) is 0 Å². The Bertz CT molecular complexity index is 807. The number of amides is 1. The zero-order chi connectivity index (χ0) is 19.4. The van der Waals surface area contributed by atoms with Crippen LogP contribution < -0.4 is 0 Å². The smallest absolute Gasteiger partial charge is 0.233 e. The molecule has 28 heavy (non-hydrogen) atoms. The maximum Gasteiger partial charge on any atom is 0.233 e. The number of benzene rings is 2. The highest BCUT2D eigenvalue weighted by atomic mass is 32.2. The third-order valence-electron chi connectivity index (χ3n) is 5.96. The topological polar surface area (TPSA) is 29.5 Å². The first kappa shape index (κ1) is 19.5. The van der Waals surface area contributed by atoms with Gasteiger partial charge in [-0.25, -0.2) is 4.39 Å². The van der Waals surface area contributed by atoms with Crippen molar-refractivity contribution in [1.29, 1.82) is 0 Å². The average Bonchev–Trinajstić information content (AvgIpc) is 3.01. The Morgan fingerprint density at radius 3 is 2.50 bits per heavy atom. The highest BCUT2D eigenvalue weighted by molar-refractivity contribution is 7.99. The average molecular weight is 400 g/mol. The SMILES string of the molecule is O=C(N1CCSC(c2ccccc2F)CC1)C1(c2ccccc2)CCOCC1. The van der Waals surface area contributed by atoms with Crippen molar-refractivity contribution in [2.45, 2.75) is 29.9 Å². The summed E-state index contributed by atoms with van der Waals surface area (Å²) in [5.41, 5.74) is 1.35. The van der Waals surface area contributed by atoms with Gasteiger partial charge in [-0.15, -0.1) is 0 Å². The van der Waals surface area contributed by atoms with E-state index in [0.717, 1.165) is 36.1 Å². The number of nitrogens with zero attached hydrogens (tertiary/aromatic N) is 1. The lowest BCUT2D eigenvalue weighted by Gasteiger charge is -2.40. The van der Waals surface area contributed by atoms with Gasteiger partial charge in [0.2, 0.25) is 5.91 Å². The summed E-state index contributed by atoms with van der Waals surface area (Å²) in [7, 11) is 0. The standard InChI is InChI=1S/C23H26FNO2S/c24-20-9-5-4-8-19(20)21-10-13-25(14-17-28-21)22(26)23(11-15-27-16-12-23)18-6-2-1-3-7-18/h1-9,21H,10-17H2. The van der Waals surface area contributed by atoms with Crippen LogP contribution >= 0.6 is 11.8 Å². The van der Waals surface area contributed by atoms with Gasteiger partial charge in [-0.1, -0.05) is 48.5 Å². The minimum absolute atomic E-state index is 0.0985. The molecule has 2 aliphatic rings. The molecule has 3 nitrogen and oxygen atoms in total. The lowest BCUT2D eigenvalue weighted by atomic mass is 9.73. The molecule has 0 N–H and O–H groups in total. The summed E-state index contributed by atoms with van der Waals surface area (Å²) in [4.78, 5) is 15.7. The number of carbonyl (C=O) groups excluding carboxylic acids is 1. The molecule has 1 unspecified atom stereocenters. The largest absolute Gasteiger partial charge is 0.381 e. The van der Waals surface area contributed by atoms with Crippen molar-refractivity contribution in [2.24, 2.45) is 0 Å². The second kappa shape index (κ2) is 8.66. The molecule has 2 aliphatic heterocycles. The highest BCUT2D eigenvalue weighted by Crippen LogP contribution is 2.40. The van der Waals surface area contributed by atoms with Crippen LogP contribution in [0.1, 0.15) is 35.6 Å². The van der Waals surface area contributed by atoms with Crippen LogP contribution in [-0.2, 0) is 14.9 Å². The Labute approximate surface area is 170 Å². The molecule has 148 valence electrons. The fourth-order valence-corrected chi connectivity index (χ4v) is 5.62. The number of hydrogen-bond donors (Lipinski definition) is 0. The molecule has 0 bridgehead atoms. The summed E-state index contributed by atoms with van der Waals surface area (Å²) in [6.45, 7) is 2.60. The monoisotopic (exact) mass is 399 g/mol. The molecule has 5 heteroatoms.